The molecular formula is C19H18O6. The Morgan fingerprint density at radius 2 is 2.08 bits per heavy atom. The van der Waals surface area contributed by atoms with Crippen LogP contribution in [0.3, 0.4) is 0 Å². The Labute approximate surface area is 144 Å². The Balaban J connectivity index is 1.64. The van der Waals surface area contributed by atoms with E-state index in [-0.39, 0.29) is 6.61 Å². The molecule has 1 aliphatic heterocycles. The number of esters is 1. The van der Waals surface area contributed by atoms with Gasteiger partial charge in [-0.15, -0.1) is 0 Å². The van der Waals surface area contributed by atoms with Crippen LogP contribution in [0.2, 0.25) is 0 Å². The summed E-state index contributed by atoms with van der Waals surface area (Å²) in [6, 6.07) is 8.25. The first-order valence-electron chi connectivity index (χ1n) is 7.85. The molecule has 1 N–H and O–H groups in total. The van der Waals surface area contributed by atoms with Gasteiger partial charge in [0.15, 0.2) is 6.10 Å². The normalized spacial score (nSPS) is 18.8. The lowest BCUT2D eigenvalue weighted by atomic mass is 10.1. The molecule has 6 nitrogen and oxygen atoms in total. The second-order valence-corrected chi connectivity index (χ2v) is 5.88. The predicted molar refractivity (Wildman–Crippen MR) is 91.4 cm³/mol. The van der Waals surface area contributed by atoms with E-state index >= 15 is 0 Å². The van der Waals surface area contributed by atoms with Crippen molar-refractivity contribution in [1.82, 2.24) is 0 Å². The number of rotatable bonds is 5. The summed E-state index contributed by atoms with van der Waals surface area (Å²) in [7, 11) is 0. The van der Waals surface area contributed by atoms with Crippen LogP contribution in [0.15, 0.2) is 62.8 Å². The van der Waals surface area contributed by atoms with Gasteiger partial charge in [-0.05, 0) is 49.8 Å². The Bertz CT molecular complexity index is 921. The van der Waals surface area contributed by atoms with E-state index in [0.29, 0.717) is 22.5 Å². The van der Waals surface area contributed by atoms with E-state index in [1.165, 1.54) is 6.07 Å². The zero-order valence-electron chi connectivity index (χ0n) is 13.9. The molecule has 3 rings (SSSR count). The predicted octanol–water partition coefficient (Wildman–Crippen LogP) is 2.35. The van der Waals surface area contributed by atoms with E-state index in [9.17, 15) is 14.7 Å². The molecule has 1 aromatic heterocycles. The van der Waals surface area contributed by atoms with Crippen molar-refractivity contribution in [1.29, 1.82) is 0 Å². The van der Waals surface area contributed by atoms with Gasteiger partial charge in [0.25, 0.3) is 0 Å². The van der Waals surface area contributed by atoms with Crippen LogP contribution in [0.5, 0.6) is 5.75 Å². The van der Waals surface area contributed by atoms with E-state index in [1.54, 1.807) is 50.3 Å². The molecule has 2 aromatic rings. The maximum atomic E-state index is 11.4. The molecule has 1 aromatic carbocycles. The number of aliphatic hydroxyl groups is 1. The standard InChI is InChI=1S/C19H18O6/c1-11(18(21)16-9-12(2)19(22)25-16)7-8-23-14-5-3-13-4-6-17(20)24-15(13)10-14/h3-7,9-10,16,18,21H,8H2,1-2H3. The molecule has 2 heterocycles. The van der Waals surface area contributed by atoms with Crippen LogP contribution in [0.4, 0.5) is 0 Å². The lowest BCUT2D eigenvalue weighted by Gasteiger charge is -2.17. The lowest BCUT2D eigenvalue weighted by molar-refractivity contribution is -0.142. The fourth-order valence-corrected chi connectivity index (χ4v) is 2.50. The monoisotopic (exact) mass is 342 g/mol. The van der Waals surface area contributed by atoms with E-state index in [0.717, 1.165) is 5.39 Å². The van der Waals surface area contributed by atoms with Crippen molar-refractivity contribution in [3.63, 3.8) is 0 Å². The smallest absolute Gasteiger partial charge is 0.336 e. The van der Waals surface area contributed by atoms with Crippen LogP contribution >= 0.6 is 0 Å². The van der Waals surface area contributed by atoms with Crippen molar-refractivity contribution >= 4 is 16.9 Å². The minimum Gasteiger partial charge on any atom is -0.489 e. The van der Waals surface area contributed by atoms with Crippen molar-refractivity contribution < 1.29 is 23.8 Å². The summed E-state index contributed by atoms with van der Waals surface area (Å²) in [5, 5.41) is 11.0. The molecule has 2 unspecified atom stereocenters. The van der Waals surface area contributed by atoms with Crippen LogP contribution in [-0.2, 0) is 9.53 Å². The number of ether oxygens (including phenoxy) is 2. The fourth-order valence-electron chi connectivity index (χ4n) is 2.50. The molecule has 25 heavy (non-hydrogen) atoms. The Kier molecular flexibility index (Phi) is 4.72. The molecule has 0 bridgehead atoms. The van der Waals surface area contributed by atoms with Gasteiger partial charge in [-0.1, -0.05) is 0 Å². The van der Waals surface area contributed by atoms with Gasteiger partial charge in [-0.2, -0.15) is 0 Å². The van der Waals surface area contributed by atoms with E-state index in [4.69, 9.17) is 13.9 Å². The van der Waals surface area contributed by atoms with Gasteiger partial charge in [-0.3, -0.25) is 0 Å². The Hall–Kier alpha value is -2.86. The van der Waals surface area contributed by atoms with Crippen molar-refractivity contribution in [2.24, 2.45) is 0 Å². The number of carbonyl (C=O) groups excluding carboxylic acids is 1. The second-order valence-electron chi connectivity index (χ2n) is 5.88. The average Bonchev–Trinajstić information content (AvgIpc) is 2.92. The van der Waals surface area contributed by atoms with Crippen molar-refractivity contribution in [2.45, 2.75) is 26.1 Å². The van der Waals surface area contributed by atoms with Crippen LogP contribution in [0.25, 0.3) is 11.0 Å². The SMILES string of the molecule is CC1=CC(C(O)C(C)=CCOc2ccc3ccc(=O)oc3c2)OC1=O. The molecule has 130 valence electrons. The average molecular weight is 342 g/mol. The first-order chi connectivity index (χ1) is 11.9. The van der Waals surface area contributed by atoms with Crippen LogP contribution < -0.4 is 10.4 Å². The van der Waals surface area contributed by atoms with Gasteiger partial charge in [-0.25, -0.2) is 9.59 Å². The Morgan fingerprint density at radius 3 is 2.80 bits per heavy atom. The summed E-state index contributed by atoms with van der Waals surface area (Å²) in [6.07, 6.45) is 1.74. The molecule has 0 amide bonds. The number of hydrogen-bond donors (Lipinski definition) is 1. The zero-order valence-corrected chi connectivity index (χ0v) is 13.9. The van der Waals surface area contributed by atoms with E-state index in [2.05, 4.69) is 0 Å². The molecule has 0 saturated heterocycles. The summed E-state index contributed by atoms with van der Waals surface area (Å²) in [6.45, 7) is 3.60. The van der Waals surface area contributed by atoms with Crippen LogP contribution in [0.1, 0.15) is 13.8 Å². The molecule has 6 heteroatoms. The molecule has 0 aliphatic carbocycles. The summed E-state index contributed by atoms with van der Waals surface area (Å²) >= 11 is 0. The van der Waals surface area contributed by atoms with Crippen molar-refractivity contribution in [3.8, 4) is 5.75 Å². The van der Waals surface area contributed by atoms with Crippen LogP contribution in [-0.4, -0.2) is 29.9 Å². The van der Waals surface area contributed by atoms with E-state index < -0.39 is 23.8 Å². The summed E-state index contributed by atoms with van der Waals surface area (Å²) < 4.78 is 15.8. The quantitative estimate of drug-likeness (QED) is 0.510. The third-order valence-corrected chi connectivity index (χ3v) is 4.01. The van der Waals surface area contributed by atoms with E-state index in [1.807, 2.05) is 0 Å². The third-order valence-electron chi connectivity index (χ3n) is 4.01. The van der Waals surface area contributed by atoms with Gasteiger partial charge in [0.05, 0.1) is 0 Å². The summed E-state index contributed by atoms with van der Waals surface area (Å²) in [5.74, 6) is 0.134. The maximum absolute atomic E-state index is 11.4. The largest absolute Gasteiger partial charge is 0.489 e. The number of aliphatic hydroxyl groups excluding tert-OH is 1. The number of benzene rings is 1. The van der Waals surface area contributed by atoms with Gasteiger partial charge < -0.3 is 19.0 Å². The highest BCUT2D eigenvalue weighted by molar-refractivity contribution is 5.90. The van der Waals surface area contributed by atoms with Gasteiger partial charge in [0.1, 0.15) is 24.0 Å². The van der Waals surface area contributed by atoms with Crippen molar-refractivity contribution in [2.75, 3.05) is 6.61 Å². The third kappa shape index (κ3) is 3.80. The number of cyclic esters (lactones) is 1. The molecular weight excluding hydrogens is 324 g/mol. The minimum absolute atomic E-state index is 0.217. The van der Waals surface area contributed by atoms with Crippen LogP contribution in [0, 0.1) is 0 Å². The fraction of sp³-hybridized carbons (Fsp3) is 0.263. The van der Waals surface area contributed by atoms with Gasteiger partial charge in [0, 0.05) is 23.1 Å². The number of carbonyl (C=O) groups is 1. The second kappa shape index (κ2) is 6.94. The first-order valence-corrected chi connectivity index (χ1v) is 7.85. The number of hydrogen-bond acceptors (Lipinski definition) is 6. The molecule has 2 atom stereocenters. The summed E-state index contributed by atoms with van der Waals surface area (Å²) in [4.78, 5) is 22.6. The maximum Gasteiger partial charge on any atom is 0.336 e. The Morgan fingerprint density at radius 1 is 1.32 bits per heavy atom. The summed E-state index contributed by atoms with van der Waals surface area (Å²) in [5.41, 5.74) is 1.16. The van der Waals surface area contributed by atoms with Gasteiger partial charge >= 0.3 is 11.6 Å². The van der Waals surface area contributed by atoms with Crippen molar-refractivity contribution in [3.05, 3.63) is 64.1 Å². The highest BCUT2D eigenvalue weighted by Gasteiger charge is 2.29. The first kappa shape index (κ1) is 17.0. The molecule has 0 fully saturated rings. The highest BCUT2D eigenvalue weighted by atomic mass is 16.6. The molecule has 0 saturated carbocycles. The molecule has 0 radical (unpaired) electrons. The molecule has 1 aliphatic rings. The topological polar surface area (TPSA) is 86.0 Å². The number of fused-ring (bicyclic) bond motifs is 1. The molecule has 0 spiro atoms. The van der Waals surface area contributed by atoms with Gasteiger partial charge in [0.2, 0.25) is 0 Å². The minimum atomic E-state index is -0.917. The lowest BCUT2D eigenvalue weighted by Crippen LogP contribution is -2.27. The highest BCUT2D eigenvalue weighted by Crippen LogP contribution is 2.21. The zero-order chi connectivity index (χ0) is 18.0.